The number of thiophene rings is 1. The van der Waals surface area contributed by atoms with Crippen molar-refractivity contribution in [2.45, 2.75) is 24.9 Å². The Morgan fingerprint density at radius 2 is 2.19 bits per heavy atom. The zero-order valence-corrected chi connectivity index (χ0v) is 13.8. The molecule has 1 amide bonds. The molecule has 0 saturated carbocycles. The van der Waals surface area contributed by atoms with Gasteiger partial charge in [0.2, 0.25) is 0 Å². The molecule has 7 heteroatoms. The second-order valence-electron chi connectivity index (χ2n) is 4.92. The van der Waals surface area contributed by atoms with Crippen LogP contribution in [-0.4, -0.2) is 41.8 Å². The maximum atomic E-state index is 12.0. The van der Waals surface area contributed by atoms with E-state index in [0.717, 1.165) is 34.3 Å². The fraction of sp³-hybridized carbons (Fsp3) is 0.500. The molecular weight excluding hydrogens is 304 g/mol. The molecule has 112 valence electrons. The number of aromatic nitrogens is 2. The molecule has 0 spiro atoms. The summed E-state index contributed by atoms with van der Waals surface area (Å²) in [6, 6.07) is 1.93. The molecule has 3 heterocycles. The van der Waals surface area contributed by atoms with Gasteiger partial charge in [-0.05, 0) is 32.1 Å². The lowest BCUT2D eigenvalue weighted by atomic mass is 10.3. The Bertz CT molecular complexity index is 664. The molecule has 3 rings (SSSR count). The molecule has 0 aromatic carbocycles. The Kier molecular flexibility index (Phi) is 4.30. The molecule has 0 atom stereocenters. The molecule has 5 nitrogen and oxygen atoms in total. The average Bonchev–Trinajstić information content (AvgIpc) is 3.15. The largest absolute Gasteiger partial charge is 0.356 e. The van der Waals surface area contributed by atoms with Gasteiger partial charge in [0.25, 0.3) is 5.91 Å². The quantitative estimate of drug-likeness (QED) is 0.693. The maximum Gasteiger partial charge on any atom is 0.261 e. The minimum atomic E-state index is -0.0291. The summed E-state index contributed by atoms with van der Waals surface area (Å²) in [5, 5.41) is 4.62. The van der Waals surface area contributed by atoms with Crippen LogP contribution in [0, 0.1) is 0 Å². The second-order valence-corrected chi connectivity index (χ2v) is 6.72. The van der Waals surface area contributed by atoms with Crippen LogP contribution in [-0.2, 0) is 0 Å². The number of hydrogen-bond donors (Lipinski definition) is 1. The first-order valence-corrected chi connectivity index (χ1v) is 9.15. The van der Waals surface area contributed by atoms with Crippen LogP contribution >= 0.6 is 23.1 Å². The lowest BCUT2D eigenvalue weighted by Gasteiger charge is -2.17. The van der Waals surface area contributed by atoms with E-state index in [1.54, 1.807) is 11.8 Å². The summed E-state index contributed by atoms with van der Waals surface area (Å²) < 4.78 is 0. The Morgan fingerprint density at radius 3 is 2.86 bits per heavy atom. The number of hydrogen-bond acceptors (Lipinski definition) is 6. The molecule has 2 aromatic rings. The van der Waals surface area contributed by atoms with Gasteiger partial charge in [-0.2, -0.15) is 0 Å². The minimum Gasteiger partial charge on any atom is -0.356 e. The highest BCUT2D eigenvalue weighted by molar-refractivity contribution is 7.98. The number of anilines is 1. The smallest absolute Gasteiger partial charge is 0.261 e. The Morgan fingerprint density at radius 1 is 1.43 bits per heavy atom. The van der Waals surface area contributed by atoms with Gasteiger partial charge in [0, 0.05) is 19.6 Å². The number of fused-ring (bicyclic) bond motifs is 1. The predicted molar refractivity (Wildman–Crippen MR) is 88.7 cm³/mol. The summed E-state index contributed by atoms with van der Waals surface area (Å²) in [6.45, 7) is 4.62. The van der Waals surface area contributed by atoms with Crippen molar-refractivity contribution in [3.05, 3.63) is 10.9 Å². The molecule has 0 radical (unpaired) electrons. The van der Waals surface area contributed by atoms with Crippen LogP contribution in [0.25, 0.3) is 10.2 Å². The highest BCUT2D eigenvalue weighted by Gasteiger charge is 2.21. The van der Waals surface area contributed by atoms with Crippen molar-refractivity contribution < 1.29 is 4.79 Å². The van der Waals surface area contributed by atoms with Crippen LogP contribution < -0.4 is 10.2 Å². The average molecular weight is 322 g/mol. The first kappa shape index (κ1) is 14.6. The third-order valence-corrected chi connectivity index (χ3v) is 5.08. The first-order valence-electron chi connectivity index (χ1n) is 7.11. The van der Waals surface area contributed by atoms with Gasteiger partial charge < -0.3 is 10.2 Å². The van der Waals surface area contributed by atoms with Gasteiger partial charge in [0.05, 0.1) is 10.3 Å². The lowest BCUT2D eigenvalue weighted by molar-refractivity contribution is 0.0960. The third-order valence-electron chi connectivity index (χ3n) is 3.50. The van der Waals surface area contributed by atoms with Crippen LogP contribution in [0.2, 0.25) is 0 Å². The summed E-state index contributed by atoms with van der Waals surface area (Å²) in [5.41, 5.74) is 0. The zero-order valence-electron chi connectivity index (χ0n) is 12.2. The van der Waals surface area contributed by atoms with Gasteiger partial charge in [-0.3, -0.25) is 4.79 Å². The van der Waals surface area contributed by atoms with E-state index in [1.165, 1.54) is 24.2 Å². The van der Waals surface area contributed by atoms with Gasteiger partial charge in [0.1, 0.15) is 10.6 Å². The van der Waals surface area contributed by atoms with Crippen molar-refractivity contribution in [2.75, 3.05) is 30.8 Å². The zero-order chi connectivity index (χ0) is 14.8. The summed E-state index contributed by atoms with van der Waals surface area (Å²) in [4.78, 5) is 25.2. The molecule has 2 aromatic heterocycles. The summed E-state index contributed by atoms with van der Waals surface area (Å²) >= 11 is 2.99. The van der Waals surface area contributed by atoms with E-state index in [1.807, 2.05) is 19.2 Å². The van der Waals surface area contributed by atoms with E-state index in [4.69, 9.17) is 0 Å². The van der Waals surface area contributed by atoms with Gasteiger partial charge >= 0.3 is 0 Å². The highest BCUT2D eigenvalue weighted by atomic mass is 32.2. The van der Waals surface area contributed by atoms with Crippen molar-refractivity contribution in [1.82, 2.24) is 15.3 Å². The molecule has 1 fully saturated rings. The van der Waals surface area contributed by atoms with E-state index in [-0.39, 0.29) is 5.91 Å². The molecule has 21 heavy (non-hydrogen) atoms. The normalized spacial score (nSPS) is 14.9. The minimum absolute atomic E-state index is 0.0291. The number of carbonyl (C=O) groups is 1. The number of nitrogens with one attached hydrogen (secondary N) is 1. The molecule has 1 aliphatic heterocycles. The van der Waals surface area contributed by atoms with Crippen LogP contribution in [0.4, 0.5) is 5.82 Å². The molecule has 1 aliphatic rings. The SMILES string of the molecule is CCNC(=O)c1cc2c(N3CCCC3)nc(SC)nc2s1. The Balaban J connectivity index is 2.08. The van der Waals surface area contributed by atoms with Crippen molar-refractivity contribution in [2.24, 2.45) is 0 Å². The van der Waals surface area contributed by atoms with Gasteiger partial charge in [-0.1, -0.05) is 11.8 Å². The predicted octanol–water partition coefficient (Wildman–Crippen LogP) is 2.76. The monoisotopic (exact) mass is 322 g/mol. The van der Waals surface area contributed by atoms with E-state index in [9.17, 15) is 4.79 Å². The summed E-state index contributed by atoms with van der Waals surface area (Å²) in [7, 11) is 0. The third kappa shape index (κ3) is 2.85. The fourth-order valence-electron chi connectivity index (χ4n) is 2.51. The standard InChI is InChI=1S/C14H18N4OS2/c1-3-15-12(19)10-8-9-11(18-6-4-5-7-18)16-14(20-2)17-13(9)21-10/h8H,3-7H2,1-2H3,(H,15,19). The molecule has 1 N–H and O–H groups in total. The van der Waals surface area contributed by atoms with E-state index in [2.05, 4.69) is 20.2 Å². The molecule has 0 bridgehead atoms. The number of nitrogens with zero attached hydrogens (tertiary/aromatic N) is 3. The topological polar surface area (TPSA) is 58.1 Å². The van der Waals surface area contributed by atoms with Gasteiger partial charge in [-0.25, -0.2) is 9.97 Å². The van der Waals surface area contributed by atoms with Crippen molar-refractivity contribution in [3.8, 4) is 0 Å². The van der Waals surface area contributed by atoms with E-state index >= 15 is 0 Å². The fourth-order valence-corrected chi connectivity index (χ4v) is 3.87. The van der Waals surface area contributed by atoms with Crippen LogP contribution in [0.5, 0.6) is 0 Å². The molecule has 1 saturated heterocycles. The summed E-state index contributed by atoms with van der Waals surface area (Å²) in [5.74, 6) is 0.951. The van der Waals surface area contributed by atoms with Crippen LogP contribution in [0.1, 0.15) is 29.4 Å². The van der Waals surface area contributed by atoms with Gasteiger partial charge in [-0.15, -0.1) is 11.3 Å². The van der Waals surface area contributed by atoms with Crippen molar-refractivity contribution in [3.63, 3.8) is 0 Å². The summed E-state index contributed by atoms with van der Waals surface area (Å²) in [6.07, 6.45) is 4.38. The highest BCUT2D eigenvalue weighted by Crippen LogP contribution is 2.34. The molecule has 0 aliphatic carbocycles. The van der Waals surface area contributed by atoms with Crippen LogP contribution in [0.3, 0.4) is 0 Å². The number of thioether (sulfide) groups is 1. The number of carbonyl (C=O) groups excluding carboxylic acids is 1. The molecule has 0 unspecified atom stereocenters. The number of amides is 1. The Hall–Kier alpha value is -1.34. The van der Waals surface area contributed by atoms with E-state index < -0.39 is 0 Å². The second kappa shape index (κ2) is 6.19. The lowest BCUT2D eigenvalue weighted by Crippen LogP contribution is -2.21. The van der Waals surface area contributed by atoms with Crippen molar-refractivity contribution in [1.29, 1.82) is 0 Å². The van der Waals surface area contributed by atoms with Crippen molar-refractivity contribution >= 4 is 45.0 Å². The van der Waals surface area contributed by atoms with E-state index in [0.29, 0.717) is 11.4 Å². The first-order chi connectivity index (χ1) is 10.2. The maximum absolute atomic E-state index is 12.0. The van der Waals surface area contributed by atoms with Crippen LogP contribution in [0.15, 0.2) is 11.2 Å². The molecular formula is C14H18N4OS2. The number of rotatable bonds is 4. The Labute approximate surface area is 132 Å². The van der Waals surface area contributed by atoms with Gasteiger partial charge in [0.15, 0.2) is 5.16 Å².